The van der Waals surface area contributed by atoms with Crippen molar-refractivity contribution >= 4 is 27.5 Å². The van der Waals surface area contributed by atoms with E-state index in [4.69, 9.17) is 17.3 Å². The Morgan fingerprint density at radius 3 is 2.59 bits per heavy atom. The Hall–Kier alpha value is -0.0900. The quantitative estimate of drug-likeness (QED) is 0.868. The first-order valence-corrected chi connectivity index (χ1v) is 6.95. The molecule has 0 radical (unpaired) electrons. The van der Waals surface area contributed by atoms with Gasteiger partial charge in [0.2, 0.25) is 0 Å². The molecule has 1 aromatic carbocycles. The highest BCUT2D eigenvalue weighted by Gasteiger charge is 2.22. The predicted octanol–water partition coefficient (Wildman–Crippen LogP) is 3.76. The van der Waals surface area contributed by atoms with Crippen LogP contribution in [0.1, 0.15) is 31.9 Å². The molecule has 0 bridgehead atoms. The molecule has 0 heterocycles. The van der Waals surface area contributed by atoms with Gasteiger partial charge in [0.15, 0.2) is 0 Å². The topological polar surface area (TPSA) is 46.2 Å². The highest BCUT2D eigenvalue weighted by Crippen LogP contribution is 2.33. The third kappa shape index (κ3) is 4.25. The second kappa shape index (κ2) is 6.74. The fraction of sp³-hybridized carbons (Fsp3) is 0.538. The Balaban J connectivity index is 2.92. The second-order valence-electron chi connectivity index (χ2n) is 4.74. The Kier molecular flexibility index (Phi) is 5.93. The minimum Gasteiger partial charge on any atom is -0.388 e. The fourth-order valence-corrected chi connectivity index (χ4v) is 2.56. The molecular formula is C13H19BrClNO. The van der Waals surface area contributed by atoms with Crippen molar-refractivity contribution in [3.05, 3.63) is 33.3 Å². The summed E-state index contributed by atoms with van der Waals surface area (Å²) in [5.41, 5.74) is 6.48. The van der Waals surface area contributed by atoms with E-state index in [1.54, 1.807) is 6.07 Å². The summed E-state index contributed by atoms with van der Waals surface area (Å²) in [4.78, 5) is 0. The molecule has 0 saturated carbocycles. The maximum Gasteiger partial charge on any atom is 0.0845 e. The SMILES string of the molecule is CC(C)CC(CN)C(O)c1cc(Br)ccc1Cl. The smallest absolute Gasteiger partial charge is 0.0845 e. The minimum atomic E-state index is -0.604. The van der Waals surface area contributed by atoms with Crippen LogP contribution in [0.5, 0.6) is 0 Å². The monoisotopic (exact) mass is 319 g/mol. The third-order valence-electron chi connectivity index (χ3n) is 2.80. The van der Waals surface area contributed by atoms with Gasteiger partial charge in [0, 0.05) is 21.0 Å². The van der Waals surface area contributed by atoms with Gasteiger partial charge in [0.05, 0.1) is 6.10 Å². The van der Waals surface area contributed by atoms with Crippen LogP contribution in [0.3, 0.4) is 0 Å². The molecule has 0 aliphatic heterocycles. The zero-order chi connectivity index (χ0) is 13.0. The van der Waals surface area contributed by atoms with Crippen LogP contribution in [-0.2, 0) is 0 Å². The summed E-state index contributed by atoms with van der Waals surface area (Å²) < 4.78 is 0.913. The van der Waals surface area contributed by atoms with E-state index in [9.17, 15) is 5.11 Å². The Morgan fingerprint density at radius 2 is 2.06 bits per heavy atom. The zero-order valence-corrected chi connectivity index (χ0v) is 12.5. The van der Waals surface area contributed by atoms with E-state index >= 15 is 0 Å². The van der Waals surface area contributed by atoms with E-state index in [0.717, 1.165) is 16.5 Å². The standard InChI is InChI=1S/C13H19BrClNO/c1-8(2)5-9(7-16)13(17)11-6-10(14)3-4-12(11)15/h3-4,6,8-9,13,17H,5,7,16H2,1-2H3. The van der Waals surface area contributed by atoms with Gasteiger partial charge in [0.25, 0.3) is 0 Å². The van der Waals surface area contributed by atoms with Gasteiger partial charge in [-0.2, -0.15) is 0 Å². The van der Waals surface area contributed by atoms with Crippen molar-refractivity contribution in [1.82, 2.24) is 0 Å². The van der Waals surface area contributed by atoms with Crippen molar-refractivity contribution in [3.8, 4) is 0 Å². The molecule has 3 N–H and O–H groups in total. The van der Waals surface area contributed by atoms with Crippen LogP contribution >= 0.6 is 27.5 Å². The van der Waals surface area contributed by atoms with Gasteiger partial charge in [-0.05, 0) is 37.1 Å². The zero-order valence-electron chi connectivity index (χ0n) is 10.2. The van der Waals surface area contributed by atoms with Gasteiger partial charge < -0.3 is 10.8 Å². The van der Waals surface area contributed by atoms with E-state index in [1.165, 1.54) is 0 Å². The Morgan fingerprint density at radius 1 is 1.41 bits per heavy atom. The number of halogens is 2. The number of benzene rings is 1. The summed E-state index contributed by atoms with van der Waals surface area (Å²) >= 11 is 9.49. The number of rotatable bonds is 5. The number of hydrogen-bond donors (Lipinski definition) is 2. The van der Waals surface area contributed by atoms with Gasteiger partial charge >= 0.3 is 0 Å². The molecule has 0 amide bonds. The van der Waals surface area contributed by atoms with E-state index < -0.39 is 6.10 Å². The Labute approximate surface area is 116 Å². The first kappa shape index (κ1) is 15.0. The van der Waals surface area contributed by atoms with Crippen molar-refractivity contribution in [2.24, 2.45) is 17.6 Å². The molecule has 0 aliphatic rings. The van der Waals surface area contributed by atoms with E-state index in [-0.39, 0.29) is 5.92 Å². The summed E-state index contributed by atoms with van der Waals surface area (Å²) in [5, 5.41) is 10.9. The van der Waals surface area contributed by atoms with Crippen LogP contribution in [0, 0.1) is 11.8 Å². The highest BCUT2D eigenvalue weighted by atomic mass is 79.9. The summed E-state index contributed by atoms with van der Waals surface area (Å²) in [6.45, 7) is 4.71. The Bertz CT molecular complexity index is 370. The number of aliphatic hydroxyl groups excluding tert-OH is 1. The van der Waals surface area contributed by atoms with Gasteiger partial charge in [-0.1, -0.05) is 41.4 Å². The maximum absolute atomic E-state index is 10.3. The van der Waals surface area contributed by atoms with Crippen molar-refractivity contribution in [3.63, 3.8) is 0 Å². The van der Waals surface area contributed by atoms with E-state index in [2.05, 4.69) is 29.8 Å². The lowest BCUT2D eigenvalue weighted by Gasteiger charge is -2.24. The molecule has 0 fully saturated rings. The van der Waals surface area contributed by atoms with Crippen LogP contribution in [-0.4, -0.2) is 11.7 Å². The predicted molar refractivity (Wildman–Crippen MR) is 76.1 cm³/mol. The summed E-state index contributed by atoms with van der Waals surface area (Å²) in [6, 6.07) is 5.50. The van der Waals surface area contributed by atoms with Crippen LogP contribution in [0.15, 0.2) is 22.7 Å². The molecule has 0 spiro atoms. The largest absolute Gasteiger partial charge is 0.388 e. The second-order valence-corrected chi connectivity index (χ2v) is 6.06. The fourth-order valence-electron chi connectivity index (χ4n) is 1.95. The molecule has 0 aliphatic carbocycles. The molecule has 96 valence electrons. The average molecular weight is 321 g/mol. The maximum atomic E-state index is 10.3. The molecule has 17 heavy (non-hydrogen) atoms. The highest BCUT2D eigenvalue weighted by molar-refractivity contribution is 9.10. The summed E-state index contributed by atoms with van der Waals surface area (Å²) in [7, 11) is 0. The number of hydrogen-bond acceptors (Lipinski definition) is 2. The first-order chi connectivity index (χ1) is 7.95. The first-order valence-electron chi connectivity index (χ1n) is 5.78. The lowest BCUT2D eigenvalue weighted by molar-refractivity contribution is 0.0995. The van der Waals surface area contributed by atoms with Crippen LogP contribution in [0.2, 0.25) is 5.02 Å². The molecule has 0 saturated heterocycles. The summed E-state index contributed by atoms with van der Waals surface area (Å²) in [6.07, 6.45) is 0.285. The molecule has 4 heteroatoms. The lowest BCUT2D eigenvalue weighted by atomic mass is 9.88. The molecule has 0 aromatic heterocycles. The summed E-state index contributed by atoms with van der Waals surface area (Å²) in [5.74, 6) is 0.547. The normalized spacial score (nSPS) is 15.0. The number of nitrogens with two attached hydrogens (primary N) is 1. The lowest BCUT2D eigenvalue weighted by Crippen LogP contribution is -2.23. The molecule has 2 unspecified atom stereocenters. The van der Waals surface area contributed by atoms with Crippen molar-refractivity contribution in [2.75, 3.05) is 6.54 Å². The molecule has 2 nitrogen and oxygen atoms in total. The van der Waals surface area contributed by atoms with Crippen LogP contribution < -0.4 is 5.73 Å². The average Bonchev–Trinajstić information content (AvgIpc) is 2.28. The third-order valence-corrected chi connectivity index (χ3v) is 3.64. The van der Waals surface area contributed by atoms with Crippen molar-refractivity contribution in [1.29, 1.82) is 0 Å². The molecular weight excluding hydrogens is 302 g/mol. The van der Waals surface area contributed by atoms with E-state index in [1.807, 2.05) is 12.1 Å². The minimum absolute atomic E-state index is 0.0433. The molecule has 2 atom stereocenters. The van der Waals surface area contributed by atoms with Crippen molar-refractivity contribution < 1.29 is 5.11 Å². The number of aliphatic hydroxyl groups is 1. The van der Waals surface area contributed by atoms with Crippen LogP contribution in [0.4, 0.5) is 0 Å². The van der Waals surface area contributed by atoms with Gasteiger partial charge in [-0.3, -0.25) is 0 Å². The molecule has 1 rings (SSSR count). The van der Waals surface area contributed by atoms with E-state index in [0.29, 0.717) is 17.5 Å². The van der Waals surface area contributed by atoms with Gasteiger partial charge in [-0.25, -0.2) is 0 Å². The molecule has 1 aromatic rings. The van der Waals surface area contributed by atoms with Crippen LogP contribution in [0.25, 0.3) is 0 Å². The van der Waals surface area contributed by atoms with Crippen molar-refractivity contribution in [2.45, 2.75) is 26.4 Å². The van der Waals surface area contributed by atoms with Gasteiger partial charge in [0.1, 0.15) is 0 Å². The van der Waals surface area contributed by atoms with Gasteiger partial charge in [-0.15, -0.1) is 0 Å².